The number of benzene rings is 1. The molecule has 1 atom stereocenters. The minimum absolute atomic E-state index is 0.00367. The van der Waals surface area contributed by atoms with E-state index in [1.165, 1.54) is 11.3 Å². The van der Waals surface area contributed by atoms with E-state index < -0.39 is 6.10 Å². The SMILES string of the molecule is CNCc1ccc(Cl)cc1C(O)c1csc(CO)c1. The van der Waals surface area contributed by atoms with Crippen molar-refractivity contribution in [1.29, 1.82) is 0 Å². The minimum atomic E-state index is -0.724. The Morgan fingerprint density at radius 1 is 1.37 bits per heavy atom. The number of aliphatic hydroxyl groups is 2. The predicted molar refractivity (Wildman–Crippen MR) is 78.5 cm³/mol. The molecule has 0 saturated heterocycles. The van der Waals surface area contributed by atoms with Crippen LogP contribution in [0.15, 0.2) is 29.6 Å². The van der Waals surface area contributed by atoms with Gasteiger partial charge in [0.25, 0.3) is 0 Å². The third kappa shape index (κ3) is 3.35. The van der Waals surface area contributed by atoms with Crippen LogP contribution in [-0.4, -0.2) is 17.3 Å². The number of halogens is 1. The first-order chi connectivity index (χ1) is 9.15. The molecule has 5 heteroatoms. The van der Waals surface area contributed by atoms with E-state index in [4.69, 9.17) is 16.7 Å². The zero-order chi connectivity index (χ0) is 13.8. The standard InChI is InChI=1S/C14H16ClNO2S/c1-16-6-9-2-3-11(15)5-13(9)14(18)10-4-12(7-17)19-8-10/h2-5,8,14,16-18H,6-7H2,1H3. The molecule has 3 N–H and O–H groups in total. The monoisotopic (exact) mass is 297 g/mol. The maximum Gasteiger partial charge on any atom is 0.105 e. The molecular weight excluding hydrogens is 282 g/mol. The maximum absolute atomic E-state index is 10.5. The van der Waals surface area contributed by atoms with E-state index in [1.54, 1.807) is 6.07 Å². The third-order valence-electron chi connectivity index (χ3n) is 2.92. The quantitative estimate of drug-likeness (QED) is 0.795. The molecule has 2 aromatic rings. The van der Waals surface area contributed by atoms with Gasteiger partial charge in [-0.1, -0.05) is 17.7 Å². The van der Waals surface area contributed by atoms with E-state index in [0.29, 0.717) is 11.6 Å². The Morgan fingerprint density at radius 2 is 2.16 bits per heavy atom. The molecule has 0 aliphatic carbocycles. The maximum atomic E-state index is 10.5. The van der Waals surface area contributed by atoms with Crippen molar-refractivity contribution in [3.63, 3.8) is 0 Å². The van der Waals surface area contributed by atoms with Crippen LogP contribution in [0.4, 0.5) is 0 Å². The van der Waals surface area contributed by atoms with Gasteiger partial charge in [-0.05, 0) is 47.3 Å². The van der Waals surface area contributed by atoms with Gasteiger partial charge in [-0.25, -0.2) is 0 Å². The predicted octanol–water partition coefficient (Wildman–Crippen LogP) is 2.69. The number of nitrogens with one attached hydrogen (secondary N) is 1. The molecule has 1 aromatic carbocycles. The fourth-order valence-corrected chi connectivity index (χ4v) is 2.92. The van der Waals surface area contributed by atoms with E-state index in [2.05, 4.69) is 5.32 Å². The van der Waals surface area contributed by atoms with E-state index in [9.17, 15) is 5.11 Å². The smallest absolute Gasteiger partial charge is 0.105 e. The molecule has 0 spiro atoms. The molecule has 0 amide bonds. The van der Waals surface area contributed by atoms with E-state index in [-0.39, 0.29) is 6.61 Å². The van der Waals surface area contributed by atoms with E-state index in [1.807, 2.05) is 30.6 Å². The summed E-state index contributed by atoms with van der Waals surface area (Å²) in [6.45, 7) is 0.664. The molecule has 0 fully saturated rings. The molecule has 0 aliphatic rings. The van der Waals surface area contributed by atoms with Crippen LogP contribution in [-0.2, 0) is 13.2 Å². The van der Waals surface area contributed by atoms with Crippen molar-refractivity contribution in [2.45, 2.75) is 19.3 Å². The second kappa shape index (κ2) is 6.50. The highest BCUT2D eigenvalue weighted by molar-refractivity contribution is 7.10. The Labute approximate surface area is 121 Å². The highest BCUT2D eigenvalue weighted by Crippen LogP contribution is 2.30. The zero-order valence-corrected chi connectivity index (χ0v) is 12.1. The van der Waals surface area contributed by atoms with Gasteiger partial charge in [0.2, 0.25) is 0 Å². The van der Waals surface area contributed by atoms with Crippen molar-refractivity contribution in [2.75, 3.05) is 7.05 Å². The Morgan fingerprint density at radius 3 is 2.79 bits per heavy atom. The molecule has 1 unspecified atom stereocenters. The fourth-order valence-electron chi connectivity index (χ4n) is 1.98. The van der Waals surface area contributed by atoms with E-state index in [0.717, 1.165) is 21.6 Å². The van der Waals surface area contributed by atoms with E-state index >= 15 is 0 Å². The summed E-state index contributed by atoms with van der Waals surface area (Å²) in [6, 6.07) is 7.34. The lowest BCUT2D eigenvalue weighted by molar-refractivity contribution is 0.219. The molecule has 0 radical (unpaired) electrons. The van der Waals surface area contributed by atoms with Gasteiger partial charge < -0.3 is 15.5 Å². The van der Waals surface area contributed by atoms with Gasteiger partial charge in [0.1, 0.15) is 6.10 Å². The van der Waals surface area contributed by atoms with Crippen LogP contribution in [0.25, 0.3) is 0 Å². The van der Waals surface area contributed by atoms with Crippen LogP contribution < -0.4 is 5.32 Å². The van der Waals surface area contributed by atoms with Crippen LogP contribution in [0.3, 0.4) is 0 Å². The molecule has 19 heavy (non-hydrogen) atoms. The minimum Gasteiger partial charge on any atom is -0.391 e. The number of hydrogen-bond acceptors (Lipinski definition) is 4. The molecule has 102 valence electrons. The average Bonchev–Trinajstić information content (AvgIpc) is 2.89. The molecule has 0 bridgehead atoms. The molecule has 3 nitrogen and oxygen atoms in total. The second-order valence-corrected chi connectivity index (χ2v) is 5.71. The molecule has 0 aliphatic heterocycles. The number of rotatable bonds is 5. The summed E-state index contributed by atoms with van der Waals surface area (Å²) in [5.41, 5.74) is 2.59. The molecule has 1 aromatic heterocycles. The van der Waals surface area contributed by atoms with Crippen LogP contribution >= 0.6 is 22.9 Å². The first-order valence-corrected chi connectivity index (χ1v) is 7.20. The second-order valence-electron chi connectivity index (χ2n) is 4.28. The summed E-state index contributed by atoms with van der Waals surface area (Å²) in [5.74, 6) is 0. The van der Waals surface area contributed by atoms with Crippen molar-refractivity contribution in [1.82, 2.24) is 5.32 Å². The van der Waals surface area contributed by atoms with Gasteiger partial charge in [-0.2, -0.15) is 0 Å². The van der Waals surface area contributed by atoms with Crippen molar-refractivity contribution in [3.8, 4) is 0 Å². The van der Waals surface area contributed by atoms with Crippen LogP contribution in [0.5, 0.6) is 0 Å². The highest BCUT2D eigenvalue weighted by atomic mass is 35.5. The highest BCUT2D eigenvalue weighted by Gasteiger charge is 2.16. The summed E-state index contributed by atoms with van der Waals surface area (Å²) >= 11 is 7.45. The number of hydrogen-bond donors (Lipinski definition) is 3. The van der Waals surface area contributed by atoms with Crippen LogP contribution in [0, 0.1) is 0 Å². The summed E-state index contributed by atoms with van der Waals surface area (Å²) < 4.78 is 0. The van der Waals surface area contributed by atoms with Crippen molar-refractivity contribution >= 4 is 22.9 Å². The fraction of sp³-hybridized carbons (Fsp3) is 0.286. The Kier molecular flexibility index (Phi) is 4.96. The van der Waals surface area contributed by atoms with Crippen molar-refractivity contribution < 1.29 is 10.2 Å². The summed E-state index contributed by atoms with van der Waals surface area (Å²) in [7, 11) is 1.86. The third-order valence-corrected chi connectivity index (χ3v) is 4.09. The lowest BCUT2D eigenvalue weighted by atomic mass is 9.98. The topological polar surface area (TPSA) is 52.5 Å². The van der Waals surface area contributed by atoms with Gasteiger partial charge in [0, 0.05) is 16.4 Å². The Balaban J connectivity index is 2.36. The lowest BCUT2D eigenvalue weighted by Gasteiger charge is -2.15. The molecule has 2 rings (SSSR count). The average molecular weight is 298 g/mol. The normalized spacial score (nSPS) is 12.6. The number of thiophene rings is 1. The molecule has 0 saturated carbocycles. The van der Waals surface area contributed by atoms with Gasteiger partial charge in [0.15, 0.2) is 0 Å². The largest absolute Gasteiger partial charge is 0.391 e. The van der Waals surface area contributed by atoms with Gasteiger partial charge >= 0.3 is 0 Å². The summed E-state index contributed by atoms with van der Waals surface area (Å²) in [5, 5.41) is 25.1. The van der Waals surface area contributed by atoms with Crippen molar-refractivity contribution in [3.05, 3.63) is 56.2 Å². The lowest BCUT2D eigenvalue weighted by Crippen LogP contribution is -2.10. The first kappa shape index (κ1) is 14.5. The van der Waals surface area contributed by atoms with Crippen molar-refractivity contribution in [2.24, 2.45) is 0 Å². The van der Waals surface area contributed by atoms with Gasteiger partial charge in [0.05, 0.1) is 6.61 Å². The van der Waals surface area contributed by atoms with Crippen LogP contribution in [0.1, 0.15) is 27.7 Å². The first-order valence-electron chi connectivity index (χ1n) is 5.95. The Bertz CT molecular complexity index is 556. The molecular formula is C14H16ClNO2S. The molecule has 1 heterocycles. The number of aliphatic hydroxyl groups excluding tert-OH is 2. The zero-order valence-electron chi connectivity index (χ0n) is 10.6. The summed E-state index contributed by atoms with van der Waals surface area (Å²) in [6.07, 6.45) is -0.724. The van der Waals surface area contributed by atoms with Gasteiger partial charge in [-0.15, -0.1) is 11.3 Å². The Hall–Kier alpha value is -0.910. The van der Waals surface area contributed by atoms with Crippen LogP contribution in [0.2, 0.25) is 5.02 Å². The summed E-state index contributed by atoms with van der Waals surface area (Å²) in [4.78, 5) is 0.839. The van der Waals surface area contributed by atoms with Gasteiger partial charge in [-0.3, -0.25) is 0 Å².